The fraction of sp³-hybridized carbons (Fsp3) is 0.333. The van der Waals surface area contributed by atoms with Gasteiger partial charge < -0.3 is 14.6 Å². The van der Waals surface area contributed by atoms with Crippen LogP contribution in [0.15, 0.2) is 34.9 Å². The number of benzene rings is 1. The lowest BCUT2D eigenvalue weighted by Crippen LogP contribution is -2.37. The molecule has 0 aliphatic carbocycles. The molecule has 1 amide bonds. The molecule has 0 spiro atoms. The third-order valence-electron chi connectivity index (χ3n) is 3.02. The maximum atomic E-state index is 12.3. The van der Waals surface area contributed by atoms with Crippen molar-refractivity contribution in [3.63, 3.8) is 0 Å². The van der Waals surface area contributed by atoms with E-state index in [0.29, 0.717) is 23.8 Å². The molecule has 0 saturated heterocycles. The summed E-state index contributed by atoms with van der Waals surface area (Å²) in [6.07, 6.45) is 0.998. The lowest BCUT2D eigenvalue weighted by Gasteiger charge is -2.19. The molecule has 0 bridgehead atoms. The van der Waals surface area contributed by atoms with E-state index in [-0.39, 0.29) is 5.82 Å². The van der Waals surface area contributed by atoms with Gasteiger partial charge in [0.05, 0.1) is 18.6 Å². The number of carbonyl (C=O) groups is 1. The van der Waals surface area contributed by atoms with Gasteiger partial charge in [0.1, 0.15) is 18.1 Å². The number of nitrogens with one attached hydrogen (secondary N) is 1. The minimum absolute atomic E-state index is 0.0586. The van der Waals surface area contributed by atoms with E-state index in [9.17, 15) is 13.2 Å². The quantitative estimate of drug-likeness (QED) is 0.814. The van der Waals surface area contributed by atoms with E-state index in [0.717, 1.165) is 10.6 Å². The highest BCUT2D eigenvalue weighted by atomic mass is 32.2. The van der Waals surface area contributed by atoms with Crippen LogP contribution in [0, 0.1) is 6.92 Å². The molecule has 0 radical (unpaired) electrons. The molecular formula is C15H19N3O5S. The third kappa shape index (κ3) is 4.48. The second-order valence-corrected chi connectivity index (χ2v) is 6.95. The number of aryl methyl sites for hydroxylation is 1. The zero-order valence-corrected chi connectivity index (χ0v) is 14.5. The van der Waals surface area contributed by atoms with Crippen molar-refractivity contribution < 1.29 is 22.5 Å². The zero-order chi connectivity index (χ0) is 17.7. The Morgan fingerprint density at radius 3 is 2.67 bits per heavy atom. The number of ether oxygens (including phenoxy) is 1. The second-order valence-electron chi connectivity index (χ2n) is 5.04. The van der Waals surface area contributed by atoms with Crippen LogP contribution in [0.5, 0.6) is 5.75 Å². The Morgan fingerprint density at radius 1 is 1.38 bits per heavy atom. The summed E-state index contributed by atoms with van der Waals surface area (Å²) in [6.45, 7) is 3.48. The summed E-state index contributed by atoms with van der Waals surface area (Å²) < 4.78 is 35.1. The molecule has 0 saturated carbocycles. The monoisotopic (exact) mass is 353 g/mol. The predicted molar refractivity (Wildman–Crippen MR) is 89.7 cm³/mol. The summed E-state index contributed by atoms with van der Waals surface area (Å²) >= 11 is 0. The van der Waals surface area contributed by atoms with Gasteiger partial charge in [-0.1, -0.05) is 17.3 Å². The molecular weight excluding hydrogens is 334 g/mol. The van der Waals surface area contributed by atoms with Crippen molar-refractivity contribution in [1.29, 1.82) is 0 Å². The number of sulfonamides is 1. The first-order valence-electron chi connectivity index (χ1n) is 7.24. The highest BCUT2D eigenvalue weighted by molar-refractivity contribution is 7.92. The molecule has 1 aromatic carbocycles. The molecule has 24 heavy (non-hydrogen) atoms. The molecule has 0 aliphatic rings. The molecule has 1 N–H and O–H groups in total. The molecule has 130 valence electrons. The average Bonchev–Trinajstić information content (AvgIpc) is 2.92. The van der Waals surface area contributed by atoms with Crippen molar-refractivity contribution in [1.82, 2.24) is 5.16 Å². The van der Waals surface area contributed by atoms with Crippen LogP contribution in [0.4, 0.5) is 11.5 Å². The van der Waals surface area contributed by atoms with Gasteiger partial charge in [0.15, 0.2) is 5.82 Å². The summed E-state index contributed by atoms with van der Waals surface area (Å²) in [6, 6.07) is 8.36. The first-order chi connectivity index (χ1) is 11.3. The number of anilines is 2. The zero-order valence-electron chi connectivity index (χ0n) is 13.6. The molecule has 2 aromatic rings. The highest BCUT2D eigenvalue weighted by Gasteiger charge is 2.24. The topological polar surface area (TPSA) is 102 Å². The highest BCUT2D eigenvalue weighted by Crippen LogP contribution is 2.24. The van der Waals surface area contributed by atoms with E-state index in [1.54, 1.807) is 31.2 Å². The predicted octanol–water partition coefficient (Wildman–Crippen LogP) is 1.79. The lowest BCUT2D eigenvalue weighted by molar-refractivity contribution is -0.114. The molecule has 0 fully saturated rings. The van der Waals surface area contributed by atoms with Crippen LogP contribution < -0.4 is 14.4 Å². The molecule has 0 unspecified atom stereocenters. The Morgan fingerprint density at radius 2 is 2.08 bits per heavy atom. The maximum absolute atomic E-state index is 12.3. The van der Waals surface area contributed by atoms with Crippen molar-refractivity contribution in [2.24, 2.45) is 0 Å². The lowest BCUT2D eigenvalue weighted by atomic mass is 10.3. The minimum atomic E-state index is -3.69. The van der Waals surface area contributed by atoms with Crippen LogP contribution in [0.25, 0.3) is 0 Å². The van der Waals surface area contributed by atoms with E-state index in [1.807, 2.05) is 6.92 Å². The molecule has 0 atom stereocenters. The first-order valence-corrected chi connectivity index (χ1v) is 9.08. The van der Waals surface area contributed by atoms with Gasteiger partial charge in [0.25, 0.3) is 0 Å². The standard InChI is InChI=1S/C15H19N3O5S/c1-4-22-13-8-6-5-7-12(13)16-15(19)10-18(24(3,20)21)14-9-11(2)23-17-14/h5-9H,4,10H2,1-3H3,(H,16,19). The first kappa shape index (κ1) is 17.8. The third-order valence-corrected chi connectivity index (χ3v) is 4.14. The van der Waals surface area contributed by atoms with Crippen molar-refractivity contribution in [2.75, 3.05) is 29.0 Å². The number of hydrogen-bond donors (Lipinski definition) is 1. The number of aromatic nitrogens is 1. The number of carbonyl (C=O) groups excluding carboxylic acids is 1. The van der Waals surface area contributed by atoms with Crippen LogP contribution >= 0.6 is 0 Å². The summed E-state index contributed by atoms with van der Waals surface area (Å²) in [5.74, 6) is 0.494. The molecule has 1 heterocycles. The largest absolute Gasteiger partial charge is 0.492 e. The van der Waals surface area contributed by atoms with E-state index >= 15 is 0 Å². The SMILES string of the molecule is CCOc1ccccc1NC(=O)CN(c1cc(C)on1)S(C)(=O)=O. The van der Waals surface area contributed by atoms with Crippen molar-refractivity contribution in [3.05, 3.63) is 36.1 Å². The van der Waals surface area contributed by atoms with Crippen LogP contribution in [0.2, 0.25) is 0 Å². The number of rotatable bonds is 7. The fourth-order valence-electron chi connectivity index (χ4n) is 2.01. The van der Waals surface area contributed by atoms with Crippen LogP contribution in [-0.4, -0.2) is 38.9 Å². The van der Waals surface area contributed by atoms with Crippen LogP contribution in [0.1, 0.15) is 12.7 Å². The maximum Gasteiger partial charge on any atom is 0.245 e. The molecule has 0 aliphatic heterocycles. The molecule has 9 heteroatoms. The summed E-state index contributed by atoms with van der Waals surface area (Å²) in [5.41, 5.74) is 0.467. The Kier molecular flexibility index (Phi) is 5.45. The van der Waals surface area contributed by atoms with Gasteiger partial charge >= 0.3 is 0 Å². The Labute approximate surface area is 140 Å². The summed E-state index contributed by atoms with van der Waals surface area (Å²) in [7, 11) is -3.69. The Hall–Kier alpha value is -2.55. The average molecular weight is 353 g/mol. The van der Waals surface area contributed by atoms with Gasteiger partial charge in [-0.2, -0.15) is 0 Å². The second kappa shape index (κ2) is 7.35. The van der Waals surface area contributed by atoms with E-state index in [4.69, 9.17) is 9.26 Å². The van der Waals surface area contributed by atoms with Crippen LogP contribution in [0.3, 0.4) is 0 Å². The number of amides is 1. The van der Waals surface area contributed by atoms with E-state index in [1.165, 1.54) is 6.07 Å². The number of para-hydroxylation sites is 2. The fourth-order valence-corrected chi connectivity index (χ4v) is 2.79. The Balaban J connectivity index is 2.17. The van der Waals surface area contributed by atoms with Gasteiger partial charge in [-0.3, -0.25) is 4.79 Å². The number of nitrogens with zero attached hydrogens (tertiary/aromatic N) is 2. The summed E-state index contributed by atoms with van der Waals surface area (Å²) in [5, 5.41) is 6.30. The smallest absolute Gasteiger partial charge is 0.245 e. The van der Waals surface area contributed by atoms with Gasteiger partial charge in [-0.15, -0.1) is 0 Å². The summed E-state index contributed by atoms with van der Waals surface area (Å²) in [4.78, 5) is 12.3. The van der Waals surface area contributed by atoms with Gasteiger partial charge in [-0.25, -0.2) is 12.7 Å². The molecule has 1 aromatic heterocycles. The van der Waals surface area contributed by atoms with Crippen LogP contribution in [-0.2, 0) is 14.8 Å². The van der Waals surface area contributed by atoms with Gasteiger partial charge in [0.2, 0.25) is 15.9 Å². The number of hydrogen-bond acceptors (Lipinski definition) is 6. The van der Waals surface area contributed by atoms with Crippen molar-refractivity contribution in [3.8, 4) is 5.75 Å². The van der Waals surface area contributed by atoms with Gasteiger partial charge in [-0.05, 0) is 26.0 Å². The Bertz CT molecular complexity index is 816. The normalized spacial score (nSPS) is 11.1. The minimum Gasteiger partial charge on any atom is -0.492 e. The van der Waals surface area contributed by atoms with Crippen molar-refractivity contribution in [2.45, 2.75) is 13.8 Å². The van der Waals surface area contributed by atoms with E-state index < -0.39 is 22.5 Å². The molecule has 8 nitrogen and oxygen atoms in total. The van der Waals surface area contributed by atoms with E-state index in [2.05, 4.69) is 10.5 Å². The molecule has 2 rings (SSSR count). The van der Waals surface area contributed by atoms with Gasteiger partial charge in [0, 0.05) is 6.07 Å². The van der Waals surface area contributed by atoms with Crippen molar-refractivity contribution >= 4 is 27.4 Å².